The smallest absolute Gasteiger partial charge is 0.360 e. The number of rotatable bonds is 3. The van der Waals surface area contributed by atoms with Crippen LogP contribution in [-0.2, 0) is 0 Å². The number of hydrogen-bond acceptors (Lipinski definition) is 5. The molecule has 0 aliphatic carbocycles. The molecule has 0 amide bonds. The first kappa shape index (κ1) is 14.9. The van der Waals surface area contributed by atoms with Gasteiger partial charge in [0.05, 0.1) is 15.0 Å². The highest BCUT2D eigenvalue weighted by molar-refractivity contribution is 6.38. The number of aromatic nitrogens is 2. The van der Waals surface area contributed by atoms with Crippen LogP contribution in [0.4, 0.5) is 5.69 Å². The molecule has 108 valence electrons. The van der Waals surface area contributed by atoms with E-state index in [1.807, 2.05) is 0 Å². The SMILES string of the molecule is O=C(O)c1nn(-c2c(Cl)cc([N+](=O)[O-])cc2Cl)ccc1=O. The van der Waals surface area contributed by atoms with Crippen molar-refractivity contribution in [2.24, 2.45) is 0 Å². The molecule has 0 saturated heterocycles. The molecule has 1 heterocycles. The summed E-state index contributed by atoms with van der Waals surface area (Å²) in [6, 6.07) is 3.07. The lowest BCUT2D eigenvalue weighted by Gasteiger charge is -2.09. The minimum absolute atomic E-state index is 0.0337. The molecule has 1 aromatic heterocycles. The van der Waals surface area contributed by atoms with Crippen molar-refractivity contribution < 1.29 is 14.8 Å². The van der Waals surface area contributed by atoms with Crippen LogP contribution < -0.4 is 5.43 Å². The van der Waals surface area contributed by atoms with Crippen molar-refractivity contribution in [2.45, 2.75) is 0 Å². The number of non-ortho nitro benzene ring substituents is 1. The Morgan fingerprint density at radius 2 is 1.90 bits per heavy atom. The summed E-state index contributed by atoms with van der Waals surface area (Å²) in [6.45, 7) is 0. The summed E-state index contributed by atoms with van der Waals surface area (Å²) in [4.78, 5) is 32.2. The fourth-order valence-electron chi connectivity index (χ4n) is 1.56. The zero-order chi connectivity index (χ0) is 15.7. The highest BCUT2D eigenvalue weighted by Crippen LogP contribution is 2.32. The molecule has 2 aromatic rings. The second-order valence-electron chi connectivity index (χ2n) is 3.79. The predicted molar refractivity (Wildman–Crippen MR) is 73.5 cm³/mol. The minimum atomic E-state index is -1.51. The third-order valence-electron chi connectivity index (χ3n) is 2.45. The van der Waals surface area contributed by atoms with Gasteiger partial charge in [-0.05, 0) is 0 Å². The van der Waals surface area contributed by atoms with Crippen LogP contribution in [0.3, 0.4) is 0 Å². The monoisotopic (exact) mass is 329 g/mol. The van der Waals surface area contributed by atoms with Gasteiger partial charge in [-0.15, -0.1) is 0 Å². The molecule has 8 nitrogen and oxygen atoms in total. The van der Waals surface area contributed by atoms with Crippen LogP contribution >= 0.6 is 23.2 Å². The third-order valence-corrected chi connectivity index (χ3v) is 3.03. The van der Waals surface area contributed by atoms with Crippen LogP contribution in [0.5, 0.6) is 0 Å². The molecule has 0 saturated carbocycles. The summed E-state index contributed by atoms with van der Waals surface area (Å²) in [6.07, 6.45) is 1.16. The first-order chi connectivity index (χ1) is 9.81. The topological polar surface area (TPSA) is 115 Å². The molecule has 1 N–H and O–H groups in total. The summed E-state index contributed by atoms with van der Waals surface area (Å²) in [5.41, 5.74) is -1.80. The van der Waals surface area contributed by atoms with Crippen LogP contribution in [0.25, 0.3) is 5.69 Å². The van der Waals surface area contributed by atoms with E-state index in [9.17, 15) is 19.7 Å². The largest absolute Gasteiger partial charge is 0.476 e. The number of nitro benzene ring substituents is 1. The average molecular weight is 330 g/mol. The molecule has 2 rings (SSSR count). The molecule has 21 heavy (non-hydrogen) atoms. The van der Waals surface area contributed by atoms with Gasteiger partial charge in [0.1, 0.15) is 5.69 Å². The fourth-order valence-corrected chi connectivity index (χ4v) is 2.21. The summed E-state index contributed by atoms with van der Waals surface area (Å²) in [7, 11) is 0. The maximum Gasteiger partial charge on any atom is 0.360 e. The second kappa shape index (κ2) is 5.51. The molecule has 0 unspecified atom stereocenters. The molecular weight excluding hydrogens is 325 g/mol. The highest BCUT2D eigenvalue weighted by atomic mass is 35.5. The minimum Gasteiger partial charge on any atom is -0.476 e. The Hall–Kier alpha value is -2.45. The molecule has 0 fully saturated rings. The molecule has 0 aliphatic rings. The number of carboxylic acid groups (broad SMARTS) is 1. The summed E-state index contributed by atoms with van der Waals surface area (Å²) >= 11 is 11.8. The summed E-state index contributed by atoms with van der Waals surface area (Å²) in [5.74, 6) is -1.51. The predicted octanol–water partition coefficient (Wildman–Crippen LogP) is 2.15. The molecule has 10 heteroatoms. The molecule has 0 atom stereocenters. The normalized spacial score (nSPS) is 10.4. The quantitative estimate of drug-likeness (QED) is 0.681. The third kappa shape index (κ3) is 2.86. The fraction of sp³-hybridized carbons (Fsp3) is 0. The number of halogens is 2. The van der Waals surface area contributed by atoms with E-state index in [2.05, 4.69) is 5.10 Å². The van der Waals surface area contributed by atoms with E-state index >= 15 is 0 Å². The summed E-state index contributed by atoms with van der Waals surface area (Å²) in [5, 5.41) is 22.9. The number of aromatic carboxylic acids is 1. The Bertz CT molecular complexity index is 795. The zero-order valence-corrected chi connectivity index (χ0v) is 11.5. The van der Waals surface area contributed by atoms with Crippen molar-refractivity contribution >= 4 is 34.9 Å². The average Bonchev–Trinajstić information content (AvgIpc) is 2.39. The number of carbonyl (C=O) groups is 1. The van der Waals surface area contributed by atoms with E-state index in [1.54, 1.807) is 0 Å². The molecular formula is C11H5Cl2N3O5. The van der Waals surface area contributed by atoms with Gasteiger partial charge < -0.3 is 5.11 Å². The Balaban J connectivity index is 2.68. The van der Waals surface area contributed by atoms with Gasteiger partial charge in [-0.25, -0.2) is 9.48 Å². The van der Waals surface area contributed by atoms with Gasteiger partial charge >= 0.3 is 5.97 Å². The second-order valence-corrected chi connectivity index (χ2v) is 4.61. The number of benzene rings is 1. The molecule has 0 aliphatic heterocycles. The Labute approximate surface area is 126 Å². The van der Waals surface area contributed by atoms with E-state index < -0.39 is 22.0 Å². The van der Waals surface area contributed by atoms with Gasteiger partial charge in [-0.3, -0.25) is 14.9 Å². The Morgan fingerprint density at radius 3 is 2.38 bits per heavy atom. The lowest BCUT2D eigenvalue weighted by molar-refractivity contribution is -0.384. The molecule has 1 aromatic carbocycles. The van der Waals surface area contributed by atoms with Gasteiger partial charge in [0.2, 0.25) is 11.1 Å². The Kier molecular flexibility index (Phi) is 3.92. The van der Waals surface area contributed by atoms with E-state index in [0.29, 0.717) is 0 Å². The molecule has 0 radical (unpaired) electrons. The highest BCUT2D eigenvalue weighted by Gasteiger charge is 2.18. The van der Waals surface area contributed by atoms with E-state index in [0.717, 1.165) is 29.1 Å². The lowest BCUT2D eigenvalue weighted by Crippen LogP contribution is -2.20. The van der Waals surface area contributed by atoms with Gasteiger partial charge in [0.25, 0.3) is 5.69 Å². The summed E-state index contributed by atoms with van der Waals surface area (Å²) < 4.78 is 0.971. The van der Waals surface area contributed by atoms with Crippen molar-refractivity contribution in [1.82, 2.24) is 9.78 Å². The molecule has 0 spiro atoms. The number of nitro groups is 1. The lowest BCUT2D eigenvalue weighted by atomic mass is 10.2. The maximum atomic E-state index is 11.3. The van der Waals surface area contributed by atoms with Crippen LogP contribution in [-0.4, -0.2) is 25.8 Å². The standard InChI is InChI=1S/C11H5Cl2N3O5/c12-6-3-5(16(20)21)4-7(13)10(6)15-2-1-8(17)9(14-15)11(18)19/h1-4H,(H,18,19). The van der Waals surface area contributed by atoms with Crippen LogP contribution in [0.2, 0.25) is 10.0 Å². The zero-order valence-electron chi connectivity index (χ0n) is 9.99. The van der Waals surface area contributed by atoms with Crippen molar-refractivity contribution in [3.8, 4) is 5.69 Å². The van der Waals surface area contributed by atoms with Gasteiger partial charge in [-0.2, -0.15) is 5.10 Å². The first-order valence-electron chi connectivity index (χ1n) is 5.28. The van der Waals surface area contributed by atoms with E-state index in [4.69, 9.17) is 28.3 Å². The van der Waals surface area contributed by atoms with Gasteiger partial charge in [0.15, 0.2) is 0 Å². The Morgan fingerprint density at radius 1 is 1.33 bits per heavy atom. The van der Waals surface area contributed by atoms with Crippen LogP contribution in [0.15, 0.2) is 29.2 Å². The molecule has 0 bridgehead atoms. The van der Waals surface area contributed by atoms with Gasteiger partial charge in [-0.1, -0.05) is 23.2 Å². The van der Waals surface area contributed by atoms with Crippen LogP contribution in [0, 0.1) is 10.1 Å². The maximum absolute atomic E-state index is 11.3. The van der Waals surface area contributed by atoms with Crippen molar-refractivity contribution in [3.63, 3.8) is 0 Å². The van der Waals surface area contributed by atoms with Gasteiger partial charge in [0, 0.05) is 24.4 Å². The van der Waals surface area contributed by atoms with Crippen molar-refractivity contribution in [2.75, 3.05) is 0 Å². The van der Waals surface area contributed by atoms with E-state index in [1.165, 1.54) is 0 Å². The number of carboxylic acids is 1. The number of nitrogens with zero attached hydrogens (tertiary/aromatic N) is 3. The van der Waals surface area contributed by atoms with Crippen molar-refractivity contribution in [1.29, 1.82) is 0 Å². The number of hydrogen-bond donors (Lipinski definition) is 1. The van der Waals surface area contributed by atoms with Crippen LogP contribution in [0.1, 0.15) is 10.5 Å². The van der Waals surface area contributed by atoms with E-state index in [-0.39, 0.29) is 21.4 Å². The first-order valence-corrected chi connectivity index (χ1v) is 6.04. The van der Waals surface area contributed by atoms with Crippen molar-refractivity contribution in [3.05, 3.63) is 60.5 Å².